The summed E-state index contributed by atoms with van der Waals surface area (Å²) in [6.07, 6.45) is 5.51. The number of carboxylic acid groups (broad SMARTS) is 1. The molecule has 0 unspecified atom stereocenters. The number of ether oxygens (including phenoxy) is 1. The van der Waals surface area contributed by atoms with E-state index in [1.807, 2.05) is 0 Å². The second-order valence-electron chi connectivity index (χ2n) is 8.94. The SMILES string of the molecule is CCCCCCCC(=O)N[C@@H]1C[C@@H]1CO[C@H](C)C(=O)N[C@@H](C)C(=O)N[C@H](CCC(=O)O)C(N)=O. The molecule has 0 radical (unpaired) electrons. The third kappa shape index (κ3) is 12.0. The van der Waals surface area contributed by atoms with Gasteiger partial charge in [-0.05, 0) is 33.1 Å². The Morgan fingerprint density at radius 3 is 2.29 bits per heavy atom. The van der Waals surface area contributed by atoms with Crippen LogP contribution in [0, 0.1) is 5.92 Å². The Hall–Kier alpha value is -2.69. The van der Waals surface area contributed by atoms with Crippen LogP contribution in [-0.4, -0.2) is 65.5 Å². The number of carboxylic acids is 1. The zero-order valence-corrected chi connectivity index (χ0v) is 20.4. The molecule has 0 bridgehead atoms. The van der Waals surface area contributed by atoms with Crippen molar-refractivity contribution in [3.05, 3.63) is 0 Å². The van der Waals surface area contributed by atoms with Gasteiger partial charge in [0.1, 0.15) is 18.2 Å². The number of unbranched alkanes of at least 4 members (excludes halogenated alkanes) is 4. The maximum Gasteiger partial charge on any atom is 0.303 e. The summed E-state index contributed by atoms with van der Waals surface area (Å²) >= 11 is 0. The highest BCUT2D eigenvalue weighted by atomic mass is 16.5. The smallest absolute Gasteiger partial charge is 0.303 e. The normalized spacial score (nSPS) is 19.4. The first-order valence-electron chi connectivity index (χ1n) is 12.1. The third-order valence-corrected chi connectivity index (χ3v) is 5.76. The number of hydrogen-bond acceptors (Lipinski definition) is 6. The Kier molecular flexibility index (Phi) is 13.2. The molecule has 0 saturated heterocycles. The molecule has 1 fully saturated rings. The van der Waals surface area contributed by atoms with Crippen LogP contribution in [0.4, 0.5) is 0 Å². The number of carbonyl (C=O) groups is 5. The second kappa shape index (κ2) is 15.3. The Labute approximate surface area is 200 Å². The molecule has 0 aromatic carbocycles. The Balaban J connectivity index is 2.28. The molecule has 1 saturated carbocycles. The van der Waals surface area contributed by atoms with E-state index < -0.39 is 41.9 Å². The van der Waals surface area contributed by atoms with Crippen LogP contribution in [0.2, 0.25) is 0 Å². The van der Waals surface area contributed by atoms with Gasteiger partial charge in [-0.15, -0.1) is 0 Å². The van der Waals surface area contributed by atoms with Crippen molar-refractivity contribution in [2.24, 2.45) is 11.7 Å². The zero-order chi connectivity index (χ0) is 25.7. The molecular weight excluding hydrogens is 444 g/mol. The van der Waals surface area contributed by atoms with E-state index in [4.69, 9.17) is 15.6 Å². The van der Waals surface area contributed by atoms with Crippen molar-refractivity contribution in [3.8, 4) is 0 Å². The number of hydrogen-bond donors (Lipinski definition) is 5. The van der Waals surface area contributed by atoms with Crippen LogP contribution in [0.15, 0.2) is 0 Å². The largest absolute Gasteiger partial charge is 0.481 e. The van der Waals surface area contributed by atoms with Crippen molar-refractivity contribution in [3.63, 3.8) is 0 Å². The van der Waals surface area contributed by atoms with Gasteiger partial charge in [-0.3, -0.25) is 24.0 Å². The van der Waals surface area contributed by atoms with E-state index in [9.17, 15) is 24.0 Å². The predicted molar refractivity (Wildman–Crippen MR) is 124 cm³/mol. The molecule has 1 aliphatic carbocycles. The summed E-state index contributed by atoms with van der Waals surface area (Å²) in [5.41, 5.74) is 5.20. The Morgan fingerprint density at radius 1 is 1.00 bits per heavy atom. The number of aliphatic carboxylic acids is 1. The fourth-order valence-electron chi connectivity index (χ4n) is 3.37. The van der Waals surface area contributed by atoms with Gasteiger partial charge < -0.3 is 31.5 Å². The second-order valence-corrected chi connectivity index (χ2v) is 8.94. The lowest BCUT2D eigenvalue weighted by molar-refractivity contribution is -0.138. The summed E-state index contributed by atoms with van der Waals surface area (Å²) in [5.74, 6) is -2.93. The van der Waals surface area contributed by atoms with Crippen molar-refractivity contribution in [2.75, 3.05) is 6.61 Å². The number of amides is 4. The van der Waals surface area contributed by atoms with Crippen LogP contribution in [0.25, 0.3) is 0 Å². The molecule has 1 aliphatic rings. The fraction of sp³-hybridized carbons (Fsp3) is 0.783. The molecule has 6 N–H and O–H groups in total. The standard InChI is InChI=1S/C23H40N4O7/c1-4-5-6-7-8-9-19(28)26-18-12-16(18)13-34-15(3)23(33)25-14(2)22(32)27-17(21(24)31)10-11-20(29)30/h14-18H,4-13H2,1-3H3,(H2,24,31)(H,25,33)(H,26,28)(H,27,32)(H,29,30)/t14-,15+,16+,17+,18+/m0/s1. The van der Waals surface area contributed by atoms with Crippen molar-refractivity contribution >= 4 is 29.6 Å². The molecule has 11 heteroatoms. The van der Waals surface area contributed by atoms with E-state index in [1.165, 1.54) is 19.8 Å². The molecule has 1 rings (SSSR count). The lowest BCUT2D eigenvalue weighted by Gasteiger charge is -2.20. The topological polar surface area (TPSA) is 177 Å². The highest BCUT2D eigenvalue weighted by Gasteiger charge is 2.39. The first-order chi connectivity index (χ1) is 16.0. The van der Waals surface area contributed by atoms with Crippen LogP contribution in [0.1, 0.15) is 78.6 Å². The maximum atomic E-state index is 12.3. The number of carbonyl (C=O) groups excluding carboxylic acids is 4. The summed E-state index contributed by atoms with van der Waals surface area (Å²) < 4.78 is 5.60. The Morgan fingerprint density at radius 2 is 1.68 bits per heavy atom. The van der Waals surface area contributed by atoms with Crippen LogP contribution < -0.4 is 21.7 Å². The molecule has 0 aromatic heterocycles. The molecule has 0 aromatic rings. The molecule has 0 aliphatic heterocycles. The quantitative estimate of drug-likeness (QED) is 0.177. The molecule has 0 spiro atoms. The summed E-state index contributed by atoms with van der Waals surface area (Å²) in [6.45, 7) is 5.46. The summed E-state index contributed by atoms with van der Waals surface area (Å²) in [4.78, 5) is 58.6. The van der Waals surface area contributed by atoms with Gasteiger partial charge in [-0.1, -0.05) is 32.6 Å². The van der Waals surface area contributed by atoms with Gasteiger partial charge in [0.2, 0.25) is 23.6 Å². The highest BCUT2D eigenvalue weighted by molar-refractivity contribution is 5.92. The molecule has 4 amide bonds. The van der Waals surface area contributed by atoms with Crippen molar-refractivity contribution < 1.29 is 33.8 Å². The van der Waals surface area contributed by atoms with Crippen molar-refractivity contribution in [1.82, 2.24) is 16.0 Å². The molecular formula is C23H40N4O7. The van der Waals surface area contributed by atoms with Crippen LogP contribution in [0.3, 0.4) is 0 Å². The van der Waals surface area contributed by atoms with Crippen LogP contribution in [0.5, 0.6) is 0 Å². The maximum absolute atomic E-state index is 12.3. The van der Waals surface area contributed by atoms with E-state index >= 15 is 0 Å². The van der Waals surface area contributed by atoms with E-state index in [-0.39, 0.29) is 30.7 Å². The van der Waals surface area contributed by atoms with Gasteiger partial charge in [0.15, 0.2) is 0 Å². The van der Waals surface area contributed by atoms with E-state index in [1.54, 1.807) is 6.92 Å². The van der Waals surface area contributed by atoms with Crippen LogP contribution >= 0.6 is 0 Å². The minimum absolute atomic E-state index is 0.0484. The van der Waals surface area contributed by atoms with E-state index in [2.05, 4.69) is 22.9 Å². The number of rotatable bonds is 18. The zero-order valence-electron chi connectivity index (χ0n) is 20.4. The number of nitrogens with one attached hydrogen (secondary N) is 3. The van der Waals surface area contributed by atoms with Gasteiger partial charge in [0, 0.05) is 24.8 Å². The van der Waals surface area contributed by atoms with Crippen molar-refractivity contribution in [2.45, 2.75) is 103 Å². The summed E-state index contributed by atoms with van der Waals surface area (Å²) in [6, 6.07) is -2.05. The molecule has 194 valence electrons. The highest BCUT2D eigenvalue weighted by Crippen LogP contribution is 2.31. The van der Waals surface area contributed by atoms with Crippen LogP contribution in [-0.2, 0) is 28.7 Å². The minimum Gasteiger partial charge on any atom is -0.481 e. The number of primary amides is 1. The van der Waals surface area contributed by atoms with Crippen molar-refractivity contribution in [1.29, 1.82) is 0 Å². The van der Waals surface area contributed by atoms with E-state index in [0.29, 0.717) is 13.0 Å². The lowest BCUT2D eigenvalue weighted by Crippen LogP contribution is -2.53. The monoisotopic (exact) mass is 484 g/mol. The first-order valence-corrected chi connectivity index (χ1v) is 12.1. The van der Waals surface area contributed by atoms with E-state index in [0.717, 1.165) is 25.7 Å². The minimum atomic E-state index is -1.14. The Bertz CT molecular complexity index is 715. The van der Waals surface area contributed by atoms with Gasteiger partial charge in [-0.25, -0.2) is 0 Å². The average molecular weight is 485 g/mol. The van der Waals surface area contributed by atoms with Gasteiger partial charge in [0.05, 0.1) is 6.61 Å². The molecule has 11 nitrogen and oxygen atoms in total. The molecule has 0 heterocycles. The average Bonchev–Trinajstić information content (AvgIpc) is 3.51. The fourth-order valence-corrected chi connectivity index (χ4v) is 3.37. The summed E-state index contributed by atoms with van der Waals surface area (Å²) in [5, 5.41) is 16.6. The molecule has 34 heavy (non-hydrogen) atoms. The number of nitrogens with two attached hydrogens (primary N) is 1. The molecule has 5 atom stereocenters. The van der Waals surface area contributed by atoms with Gasteiger partial charge in [-0.2, -0.15) is 0 Å². The van der Waals surface area contributed by atoms with Gasteiger partial charge in [0.25, 0.3) is 0 Å². The lowest BCUT2D eigenvalue weighted by atomic mass is 10.1. The summed E-state index contributed by atoms with van der Waals surface area (Å²) in [7, 11) is 0. The first kappa shape index (κ1) is 29.3. The predicted octanol–water partition coefficient (Wildman–Crippen LogP) is 0.596. The third-order valence-electron chi connectivity index (χ3n) is 5.76. The van der Waals surface area contributed by atoms with Gasteiger partial charge >= 0.3 is 5.97 Å².